The van der Waals surface area contributed by atoms with Crippen LogP contribution in [-0.2, 0) is 11.3 Å². The van der Waals surface area contributed by atoms with E-state index in [2.05, 4.69) is 34.5 Å². The van der Waals surface area contributed by atoms with E-state index in [9.17, 15) is 4.79 Å². The average molecular weight is 315 g/mol. The largest absolute Gasteiger partial charge is 0.352 e. The average Bonchev–Trinajstić information content (AvgIpc) is 2.97. The molecule has 0 aromatic heterocycles. The summed E-state index contributed by atoms with van der Waals surface area (Å²) in [6.07, 6.45) is 6.29. The first kappa shape index (κ1) is 16.5. The SMILES string of the molecule is NC1CCCCC1CC(=O)NC1CCN(Cc2ccccc2)C1. The van der Waals surface area contributed by atoms with E-state index < -0.39 is 0 Å². The van der Waals surface area contributed by atoms with Crippen LogP contribution < -0.4 is 11.1 Å². The first-order valence-electron chi connectivity index (χ1n) is 9.02. The van der Waals surface area contributed by atoms with E-state index in [0.29, 0.717) is 18.4 Å². The van der Waals surface area contributed by atoms with Crippen molar-refractivity contribution < 1.29 is 4.79 Å². The van der Waals surface area contributed by atoms with Crippen LogP contribution in [0.15, 0.2) is 30.3 Å². The minimum atomic E-state index is 0.193. The van der Waals surface area contributed by atoms with Gasteiger partial charge in [-0.1, -0.05) is 43.2 Å². The monoisotopic (exact) mass is 315 g/mol. The number of carbonyl (C=O) groups excluding carboxylic acids is 1. The Balaban J connectivity index is 1.41. The predicted octanol–water partition coefficient (Wildman–Crippen LogP) is 2.28. The highest BCUT2D eigenvalue weighted by Crippen LogP contribution is 2.25. The smallest absolute Gasteiger partial charge is 0.220 e. The molecule has 3 unspecified atom stereocenters. The van der Waals surface area contributed by atoms with Gasteiger partial charge in [0.15, 0.2) is 0 Å². The zero-order chi connectivity index (χ0) is 16.1. The number of benzene rings is 1. The van der Waals surface area contributed by atoms with E-state index >= 15 is 0 Å². The molecule has 1 aromatic rings. The lowest BCUT2D eigenvalue weighted by atomic mass is 9.83. The van der Waals surface area contributed by atoms with Gasteiger partial charge >= 0.3 is 0 Å². The molecule has 1 amide bonds. The van der Waals surface area contributed by atoms with E-state index in [-0.39, 0.29) is 11.9 Å². The molecule has 1 aliphatic carbocycles. The van der Waals surface area contributed by atoms with Crippen molar-refractivity contribution >= 4 is 5.91 Å². The molecule has 1 aliphatic heterocycles. The van der Waals surface area contributed by atoms with Crippen LogP contribution in [0.2, 0.25) is 0 Å². The molecule has 0 bridgehead atoms. The molecule has 4 nitrogen and oxygen atoms in total. The van der Waals surface area contributed by atoms with Gasteiger partial charge in [0, 0.05) is 38.1 Å². The van der Waals surface area contributed by atoms with E-state index in [1.165, 1.54) is 18.4 Å². The van der Waals surface area contributed by atoms with Crippen molar-refractivity contribution in [3.05, 3.63) is 35.9 Å². The summed E-state index contributed by atoms with van der Waals surface area (Å²) in [4.78, 5) is 14.7. The number of carbonyl (C=O) groups is 1. The number of rotatable bonds is 5. The Kier molecular flexibility index (Phi) is 5.68. The Morgan fingerprint density at radius 2 is 1.96 bits per heavy atom. The van der Waals surface area contributed by atoms with Crippen molar-refractivity contribution in [1.82, 2.24) is 10.2 Å². The molecule has 1 heterocycles. The van der Waals surface area contributed by atoms with Gasteiger partial charge in [-0.05, 0) is 30.7 Å². The van der Waals surface area contributed by atoms with E-state index in [4.69, 9.17) is 5.73 Å². The van der Waals surface area contributed by atoms with Crippen LogP contribution in [0.3, 0.4) is 0 Å². The van der Waals surface area contributed by atoms with Crippen LogP contribution in [0.25, 0.3) is 0 Å². The van der Waals surface area contributed by atoms with Gasteiger partial charge < -0.3 is 11.1 Å². The van der Waals surface area contributed by atoms with E-state index in [1.54, 1.807) is 0 Å². The summed E-state index contributed by atoms with van der Waals surface area (Å²) >= 11 is 0. The molecule has 3 rings (SSSR count). The van der Waals surface area contributed by atoms with Gasteiger partial charge in [-0.3, -0.25) is 9.69 Å². The topological polar surface area (TPSA) is 58.4 Å². The Morgan fingerprint density at radius 1 is 1.17 bits per heavy atom. The maximum atomic E-state index is 12.3. The maximum absolute atomic E-state index is 12.3. The first-order chi connectivity index (χ1) is 11.2. The third-order valence-corrected chi connectivity index (χ3v) is 5.30. The quantitative estimate of drug-likeness (QED) is 0.876. The lowest BCUT2D eigenvalue weighted by Gasteiger charge is -2.28. The fourth-order valence-corrected chi connectivity index (χ4v) is 3.95. The van der Waals surface area contributed by atoms with Gasteiger partial charge in [-0.15, -0.1) is 0 Å². The minimum Gasteiger partial charge on any atom is -0.352 e. The number of nitrogens with one attached hydrogen (secondary N) is 1. The second kappa shape index (κ2) is 7.93. The van der Waals surface area contributed by atoms with Crippen molar-refractivity contribution in [2.75, 3.05) is 13.1 Å². The fraction of sp³-hybridized carbons (Fsp3) is 0.632. The van der Waals surface area contributed by atoms with E-state index in [1.807, 2.05) is 6.07 Å². The molecule has 1 aromatic carbocycles. The molecule has 126 valence electrons. The first-order valence-corrected chi connectivity index (χ1v) is 9.02. The lowest BCUT2D eigenvalue weighted by Crippen LogP contribution is -2.41. The highest BCUT2D eigenvalue weighted by Gasteiger charge is 2.27. The molecular formula is C19H29N3O. The van der Waals surface area contributed by atoms with Crippen molar-refractivity contribution in [3.8, 4) is 0 Å². The second-order valence-corrected chi connectivity index (χ2v) is 7.19. The van der Waals surface area contributed by atoms with Gasteiger partial charge in [-0.25, -0.2) is 0 Å². The summed E-state index contributed by atoms with van der Waals surface area (Å²) in [5.74, 6) is 0.574. The number of likely N-dealkylation sites (tertiary alicyclic amines) is 1. The third kappa shape index (κ3) is 4.79. The molecule has 0 spiro atoms. The van der Waals surface area contributed by atoms with Crippen LogP contribution in [0, 0.1) is 5.92 Å². The Hall–Kier alpha value is -1.39. The molecule has 2 aliphatic rings. The summed E-state index contributed by atoms with van der Waals surface area (Å²) in [6.45, 7) is 2.99. The van der Waals surface area contributed by atoms with Crippen molar-refractivity contribution in [3.63, 3.8) is 0 Å². The Labute approximate surface area is 139 Å². The van der Waals surface area contributed by atoms with Crippen molar-refractivity contribution in [2.45, 2.75) is 57.2 Å². The van der Waals surface area contributed by atoms with Gasteiger partial charge in [0.1, 0.15) is 0 Å². The number of hydrogen-bond acceptors (Lipinski definition) is 3. The number of nitrogens with zero attached hydrogens (tertiary/aromatic N) is 1. The van der Waals surface area contributed by atoms with Gasteiger partial charge in [0.05, 0.1) is 0 Å². The molecule has 4 heteroatoms. The third-order valence-electron chi connectivity index (χ3n) is 5.30. The summed E-state index contributed by atoms with van der Waals surface area (Å²) in [5, 5.41) is 3.23. The zero-order valence-corrected chi connectivity index (χ0v) is 13.9. The molecule has 3 atom stereocenters. The molecule has 1 saturated carbocycles. The molecule has 0 radical (unpaired) electrons. The second-order valence-electron chi connectivity index (χ2n) is 7.19. The van der Waals surface area contributed by atoms with Gasteiger partial charge in [0.25, 0.3) is 0 Å². The van der Waals surface area contributed by atoms with Crippen LogP contribution in [0.4, 0.5) is 0 Å². The highest BCUT2D eigenvalue weighted by molar-refractivity contribution is 5.76. The summed E-state index contributed by atoms with van der Waals surface area (Å²) < 4.78 is 0. The van der Waals surface area contributed by atoms with Crippen molar-refractivity contribution in [1.29, 1.82) is 0 Å². The van der Waals surface area contributed by atoms with E-state index in [0.717, 1.165) is 38.9 Å². The summed E-state index contributed by atoms with van der Waals surface area (Å²) in [5.41, 5.74) is 7.50. The van der Waals surface area contributed by atoms with Crippen LogP contribution >= 0.6 is 0 Å². The summed E-state index contributed by atoms with van der Waals surface area (Å²) in [6, 6.07) is 11.0. The zero-order valence-electron chi connectivity index (χ0n) is 13.9. The van der Waals surface area contributed by atoms with Crippen LogP contribution in [0.1, 0.15) is 44.1 Å². The van der Waals surface area contributed by atoms with Crippen molar-refractivity contribution in [2.24, 2.45) is 11.7 Å². The lowest BCUT2D eigenvalue weighted by molar-refractivity contribution is -0.123. The number of hydrogen-bond donors (Lipinski definition) is 2. The number of amides is 1. The minimum absolute atomic E-state index is 0.193. The van der Waals surface area contributed by atoms with Crippen LogP contribution in [-0.4, -0.2) is 36.0 Å². The number of nitrogens with two attached hydrogens (primary N) is 1. The van der Waals surface area contributed by atoms with Crippen LogP contribution in [0.5, 0.6) is 0 Å². The Morgan fingerprint density at radius 3 is 2.74 bits per heavy atom. The standard InChI is InChI=1S/C19H29N3O/c20-18-9-5-4-8-16(18)12-19(23)21-17-10-11-22(14-17)13-15-6-2-1-3-7-15/h1-3,6-7,16-18H,4-5,8-14,20H2,(H,21,23). The molecule has 23 heavy (non-hydrogen) atoms. The summed E-state index contributed by atoms with van der Waals surface area (Å²) in [7, 11) is 0. The predicted molar refractivity (Wildman–Crippen MR) is 92.8 cm³/mol. The fourth-order valence-electron chi connectivity index (χ4n) is 3.95. The molecule has 1 saturated heterocycles. The van der Waals surface area contributed by atoms with Gasteiger partial charge in [0.2, 0.25) is 5.91 Å². The molecular weight excluding hydrogens is 286 g/mol. The molecule has 3 N–H and O–H groups in total. The Bertz CT molecular complexity index is 505. The van der Waals surface area contributed by atoms with Gasteiger partial charge in [-0.2, -0.15) is 0 Å². The normalized spacial score (nSPS) is 28.7. The molecule has 2 fully saturated rings. The highest BCUT2D eigenvalue weighted by atomic mass is 16.1. The maximum Gasteiger partial charge on any atom is 0.220 e.